The summed E-state index contributed by atoms with van der Waals surface area (Å²) in [5.41, 5.74) is 2.97. The molecule has 0 aliphatic heterocycles. The third kappa shape index (κ3) is 2.01. The zero-order chi connectivity index (χ0) is 14.1. The molecule has 1 N–H and O–H groups in total. The second-order valence-corrected chi connectivity index (χ2v) is 4.73. The van der Waals surface area contributed by atoms with Crippen molar-refractivity contribution in [1.82, 2.24) is 4.98 Å². The van der Waals surface area contributed by atoms with Crippen LogP contribution in [0.15, 0.2) is 48.7 Å². The number of aromatic nitrogens is 1. The molecule has 0 atom stereocenters. The van der Waals surface area contributed by atoms with Crippen LogP contribution in [0.25, 0.3) is 10.9 Å². The topological polar surface area (TPSA) is 32.9 Å². The van der Waals surface area contributed by atoms with Crippen LogP contribution in [0.3, 0.4) is 0 Å². The minimum atomic E-state index is -0.338. The van der Waals surface area contributed by atoms with E-state index in [2.05, 4.69) is 4.98 Å². The maximum Gasteiger partial charge on any atom is 0.195 e. The number of aromatic amines is 1. The molecule has 0 bridgehead atoms. The van der Waals surface area contributed by atoms with Crippen molar-refractivity contribution in [3.05, 3.63) is 71.2 Å². The van der Waals surface area contributed by atoms with Gasteiger partial charge in [0.2, 0.25) is 0 Å². The van der Waals surface area contributed by atoms with Gasteiger partial charge in [-0.1, -0.05) is 31.2 Å². The third-order valence-electron chi connectivity index (χ3n) is 3.53. The summed E-state index contributed by atoms with van der Waals surface area (Å²) in [5.74, 6) is -0.408. The number of fused-ring (bicyclic) bond motifs is 1. The second kappa shape index (κ2) is 4.93. The first-order valence-corrected chi connectivity index (χ1v) is 6.60. The van der Waals surface area contributed by atoms with Crippen molar-refractivity contribution in [3.8, 4) is 0 Å². The third-order valence-corrected chi connectivity index (χ3v) is 3.53. The maximum absolute atomic E-state index is 13.4. The summed E-state index contributed by atoms with van der Waals surface area (Å²) in [6, 6.07) is 12.0. The molecule has 0 fully saturated rings. The van der Waals surface area contributed by atoms with Crippen molar-refractivity contribution in [3.63, 3.8) is 0 Å². The van der Waals surface area contributed by atoms with Crippen LogP contribution in [0.2, 0.25) is 0 Å². The van der Waals surface area contributed by atoms with E-state index in [1.807, 2.05) is 31.2 Å². The molecule has 0 saturated heterocycles. The molecule has 3 heteroatoms. The highest BCUT2D eigenvalue weighted by molar-refractivity contribution is 6.16. The van der Waals surface area contributed by atoms with E-state index in [-0.39, 0.29) is 11.6 Å². The Morgan fingerprint density at radius 2 is 1.95 bits per heavy atom. The van der Waals surface area contributed by atoms with Crippen LogP contribution in [-0.4, -0.2) is 10.8 Å². The lowest BCUT2D eigenvalue weighted by molar-refractivity contribution is 0.103. The first kappa shape index (κ1) is 12.6. The van der Waals surface area contributed by atoms with Gasteiger partial charge >= 0.3 is 0 Å². The Morgan fingerprint density at radius 3 is 2.75 bits per heavy atom. The van der Waals surface area contributed by atoms with Gasteiger partial charge in [0, 0.05) is 28.2 Å². The Hall–Kier alpha value is -2.42. The molecular formula is C17H14FNO. The summed E-state index contributed by atoms with van der Waals surface area (Å²) in [7, 11) is 0. The first-order valence-electron chi connectivity index (χ1n) is 6.60. The monoisotopic (exact) mass is 267 g/mol. The van der Waals surface area contributed by atoms with E-state index in [4.69, 9.17) is 0 Å². The van der Waals surface area contributed by atoms with Gasteiger partial charge in [0.05, 0.1) is 0 Å². The molecule has 100 valence electrons. The lowest BCUT2D eigenvalue weighted by Gasteiger charge is -2.05. The Morgan fingerprint density at radius 1 is 1.15 bits per heavy atom. The maximum atomic E-state index is 13.4. The fourth-order valence-corrected chi connectivity index (χ4v) is 2.48. The van der Waals surface area contributed by atoms with Crippen molar-refractivity contribution in [1.29, 1.82) is 0 Å². The number of rotatable bonds is 3. The summed E-state index contributed by atoms with van der Waals surface area (Å²) >= 11 is 0. The minimum absolute atomic E-state index is 0.0701. The van der Waals surface area contributed by atoms with E-state index >= 15 is 0 Å². The highest BCUT2D eigenvalue weighted by Gasteiger charge is 2.16. The summed E-state index contributed by atoms with van der Waals surface area (Å²) in [4.78, 5) is 15.7. The molecule has 2 aromatic carbocycles. The van der Waals surface area contributed by atoms with Gasteiger partial charge in [-0.3, -0.25) is 4.79 Å². The van der Waals surface area contributed by atoms with Crippen LogP contribution < -0.4 is 0 Å². The number of aryl methyl sites for hydroxylation is 1. The molecule has 0 spiro atoms. The zero-order valence-electron chi connectivity index (χ0n) is 11.1. The highest BCUT2D eigenvalue weighted by Crippen LogP contribution is 2.23. The van der Waals surface area contributed by atoms with Crippen molar-refractivity contribution < 1.29 is 9.18 Å². The Balaban J connectivity index is 2.15. The predicted octanol–water partition coefficient (Wildman–Crippen LogP) is 4.10. The van der Waals surface area contributed by atoms with Crippen LogP contribution in [-0.2, 0) is 6.42 Å². The van der Waals surface area contributed by atoms with Crippen LogP contribution in [0, 0.1) is 5.82 Å². The molecule has 0 radical (unpaired) electrons. The van der Waals surface area contributed by atoms with Crippen molar-refractivity contribution in [2.45, 2.75) is 13.3 Å². The zero-order valence-corrected chi connectivity index (χ0v) is 11.1. The second-order valence-electron chi connectivity index (χ2n) is 4.73. The number of carbonyl (C=O) groups excluding carboxylic acids is 1. The number of H-pyrrole nitrogens is 1. The smallest absolute Gasteiger partial charge is 0.195 e. The van der Waals surface area contributed by atoms with Crippen molar-refractivity contribution in [2.75, 3.05) is 0 Å². The van der Waals surface area contributed by atoms with Gasteiger partial charge in [0.15, 0.2) is 5.78 Å². The molecule has 0 saturated carbocycles. The number of carbonyl (C=O) groups is 1. The average molecular weight is 267 g/mol. The quantitative estimate of drug-likeness (QED) is 0.712. The Kier molecular flexibility index (Phi) is 3.11. The molecule has 0 unspecified atom stereocenters. The van der Waals surface area contributed by atoms with E-state index in [0.717, 1.165) is 17.5 Å². The average Bonchev–Trinajstić information content (AvgIpc) is 2.89. The van der Waals surface area contributed by atoms with Crippen LogP contribution in [0.4, 0.5) is 4.39 Å². The van der Waals surface area contributed by atoms with Gasteiger partial charge in [-0.2, -0.15) is 0 Å². The van der Waals surface area contributed by atoms with Gasteiger partial charge in [0.1, 0.15) is 5.82 Å². The predicted molar refractivity (Wildman–Crippen MR) is 77.5 cm³/mol. The van der Waals surface area contributed by atoms with Gasteiger partial charge in [-0.15, -0.1) is 0 Å². The Bertz CT molecular complexity index is 789. The fraction of sp³-hybridized carbons (Fsp3) is 0.118. The number of benzene rings is 2. The molecular weight excluding hydrogens is 253 g/mol. The lowest BCUT2D eigenvalue weighted by atomic mass is 9.97. The van der Waals surface area contributed by atoms with E-state index in [0.29, 0.717) is 16.5 Å². The molecule has 0 aliphatic carbocycles. The molecule has 20 heavy (non-hydrogen) atoms. The number of halogens is 1. The summed E-state index contributed by atoms with van der Waals surface area (Å²) < 4.78 is 13.4. The normalized spacial score (nSPS) is 10.9. The molecule has 3 rings (SSSR count). The standard InChI is InChI=1S/C17H14FNO/c1-2-11-5-3-4-6-13(11)17(20)15-10-19-16-8-7-12(18)9-14(15)16/h3-10,19H,2H2,1H3. The van der Waals surface area contributed by atoms with Gasteiger partial charge in [-0.05, 0) is 30.2 Å². The molecule has 1 heterocycles. The summed E-state index contributed by atoms with van der Waals surface area (Å²) in [6.45, 7) is 2.01. The van der Waals surface area contributed by atoms with Crippen LogP contribution in [0.5, 0.6) is 0 Å². The van der Waals surface area contributed by atoms with E-state index in [1.165, 1.54) is 12.1 Å². The van der Waals surface area contributed by atoms with E-state index < -0.39 is 0 Å². The molecule has 0 amide bonds. The van der Waals surface area contributed by atoms with E-state index in [9.17, 15) is 9.18 Å². The highest BCUT2D eigenvalue weighted by atomic mass is 19.1. The molecule has 2 nitrogen and oxygen atoms in total. The van der Waals surface area contributed by atoms with Gasteiger partial charge < -0.3 is 4.98 Å². The van der Waals surface area contributed by atoms with Crippen LogP contribution in [0.1, 0.15) is 28.4 Å². The fourth-order valence-electron chi connectivity index (χ4n) is 2.48. The lowest BCUT2D eigenvalue weighted by Crippen LogP contribution is -2.04. The Labute approximate surface area is 116 Å². The largest absolute Gasteiger partial charge is 0.360 e. The number of hydrogen-bond acceptors (Lipinski definition) is 1. The van der Waals surface area contributed by atoms with E-state index in [1.54, 1.807) is 12.3 Å². The van der Waals surface area contributed by atoms with Gasteiger partial charge in [0.25, 0.3) is 0 Å². The SMILES string of the molecule is CCc1ccccc1C(=O)c1c[nH]c2ccc(F)cc12. The number of nitrogens with one attached hydrogen (secondary N) is 1. The number of hydrogen-bond donors (Lipinski definition) is 1. The van der Waals surface area contributed by atoms with Crippen LogP contribution >= 0.6 is 0 Å². The summed E-state index contributed by atoms with van der Waals surface area (Å²) in [6.07, 6.45) is 2.44. The van der Waals surface area contributed by atoms with Crippen molar-refractivity contribution >= 4 is 16.7 Å². The summed E-state index contributed by atoms with van der Waals surface area (Å²) in [5, 5.41) is 0.626. The number of ketones is 1. The molecule has 0 aliphatic rings. The van der Waals surface area contributed by atoms with Gasteiger partial charge in [-0.25, -0.2) is 4.39 Å². The first-order chi connectivity index (χ1) is 9.70. The molecule has 1 aromatic heterocycles. The van der Waals surface area contributed by atoms with Crippen molar-refractivity contribution in [2.24, 2.45) is 0 Å². The molecule has 3 aromatic rings. The minimum Gasteiger partial charge on any atom is -0.360 e.